The number of dihydropyridines is 1. The molecule has 2 heterocycles. The molecule has 0 fully saturated rings. The molecule has 0 saturated heterocycles. The van der Waals surface area contributed by atoms with Crippen LogP contribution in [0.5, 0.6) is 0 Å². The molecular formula is C10H11N3. The smallest absolute Gasteiger partial charge is 0.0502 e. The van der Waals surface area contributed by atoms with Crippen molar-refractivity contribution in [1.82, 2.24) is 16.2 Å². The second-order valence-corrected chi connectivity index (χ2v) is 3.44. The zero-order valence-electron chi connectivity index (χ0n) is 7.22. The van der Waals surface area contributed by atoms with Gasteiger partial charge in [0.1, 0.15) is 0 Å². The summed E-state index contributed by atoms with van der Waals surface area (Å²) < 4.78 is 0. The SMILES string of the molecule is C1=CC2=CC3=C(CNN3)CC2=CN1. The van der Waals surface area contributed by atoms with Crippen LogP contribution in [0, 0.1) is 0 Å². The standard InChI is InChI=1S/C10H11N3/c1-2-11-5-8-3-9-6-12-13-10(9)4-7(1)8/h1-2,4-5,11-13H,3,6H2. The molecule has 0 aromatic carbocycles. The molecule has 0 unspecified atom stereocenters. The van der Waals surface area contributed by atoms with Crippen molar-refractivity contribution in [3.8, 4) is 0 Å². The summed E-state index contributed by atoms with van der Waals surface area (Å²) in [6.07, 6.45) is 9.40. The zero-order valence-corrected chi connectivity index (χ0v) is 7.22. The Balaban J connectivity index is 2.05. The summed E-state index contributed by atoms with van der Waals surface area (Å²) in [5.41, 5.74) is 11.7. The first-order valence-electron chi connectivity index (χ1n) is 4.48. The van der Waals surface area contributed by atoms with Gasteiger partial charge in [0.2, 0.25) is 0 Å². The topological polar surface area (TPSA) is 36.1 Å². The summed E-state index contributed by atoms with van der Waals surface area (Å²) in [7, 11) is 0. The van der Waals surface area contributed by atoms with Gasteiger partial charge in [-0.15, -0.1) is 0 Å². The van der Waals surface area contributed by atoms with E-state index in [0.29, 0.717) is 0 Å². The van der Waals surface area contributed by atoms with Crippen LogP contribution in [0.4, 0.5) is 0 Å². The Morgan fingerprint density at radius 3 is 3.31 bits per heavy atom. The molecule has 0 aromatic heterocycles. The highest BCUT2D eigenvalue weighted by atomic mass is 15.4. The summed E-state index contributed by atoms with van der Waals surface area (Å²) in [5, 5.41) is 3.12. The number of rotatable bonds is 0. The Bertz CT molecular complexity index is 372. The molecule has 2 aliphatic heterocycles. The lowest BCUT2D eigenvalue weighted by Gasteiger charge is -2.18. The highest BCUT2D eigenvalue weighted by Gasteiger charge is 2.20. The molecule has 3 nitrogen and oxygen atoms in total. The van der Waals surface area contributed by atoms with Crippen molar-refractivity contribution in [2.24, 2.45) is 0 Å². The summed E-state index contributed by atoms with van der Waals surface area (Å²) >= 11 is 0. The van der Waals surface area contributed by atoms with Crippen molar-refractivity contribution in [3.63, 3.8) is 0 Å². The third-order valence-corrected chi connectivity index (χ3v) is 2.60. The van der Waals surface area contributed by atoms with E-state index < -0.39 is 0 Å². The zero-order chi connectivity index (χ0) is 8.67. The Hall–Kier alpha value is -1.48. The molecular weight excluding hydrogens is 162 g/mol. The summed E-state index contributed by atoms with van der Waals surface area (Å²) in [4.78, 5) is 0. The fraction of sp³-hybridized carbons (Fsp3) is 0.200. The monoisotopic (exact) mass is 173 g/mol. The van der Waals surface area contributed by atoms with Crippen molar-refractivity contribution < 1.29 is 0 Å². The normalized spacial score (nSPS) is 24.0. The predicted molar refractivity (Wildman–Crippen MR) is 51.2 cm³/mol. The van der Waals surface area contributed by atoms with Crippen LogP contribution in [0.25, 0.3) is 0 Å². The van der Waals surface area contributed by atoms with E-state index in [1.165, 1.54) is 22.4 Å². The number of allylic oxidation sites excluding steroid dienone is 4. The lowest BCUT2D eigenvalue weighted by Crippen LogP contribution is -2.23. The molecule has 1 aliphatic carbocycles. The fourth-order valence-corrected chi connectivity index (χ4v) is 1.88. The lowest BCUT2D eigenvalue weighted by atomic mass is 9.91. The number of hydrogen-bond donors (Lipinski definition) is 3. The minimum atomic E-state index is 0.958. The molecule has 66 valence electrons. The van der Waals surface area contributed by atoms with Gasteiger partial charge in [0, 0.05) is 18.9 Å². The van der Waals surface area contributed by atoms with Gasteiger partial charge < -0.3 is 10.7 Å². The first kappa shape index (κ1) is 6.97. The number of hydrazine groups is 1. The van der Waals surface area contributed by atoms with Gasteiger partial charge in [-0.2, -0.15) is 0 Å². The van der Waals surface area contributed by atoms with E-state index in [9.17, 15) is 0 Å². The highest BCUT2D eigenvalue weighted by Crippen LogP contribution is 2.30. The Labute approximate surface area is 76.9 Å². The van der Waals surface area contributed by atoms with Gasteiger partial charge in [0.25, 0.3) is 0 Å². The molecule has 3 aliphatic rings. The Morgan fingerprint density at radius 2 is 2.31 bits per heavy atom. The average molecular weight is 173 g/mol. The van der Waals surface area contributed by atoms with Gasteiger partial charge in [-0.3, -0.25) is 0 Å². The molecule has 0 amide bonds. The van der Waals surface area contributed by atoms with Crippen molar-refractivity contribution in [1.29, 1.82) is 0 Å². The van der Waals surface area contributed by atoms with Gasteiger partial charge in [-0.1, -0.05) is 0 Å². The third kappa shape index (κ3) is 1.01. The van der Waals surface area contributed by atoms with Crippen molar-refractivity contribution in [3.05, 3.63) is 47.0 Å². The van der Waals surface area contributed by atoms with Gasteiger partial charge in [-0.05, 0) is 35.3 Å². The maximum atomic E-state index is 3.16. The minimum absolute atomic E-state index is 0.958. The molecule has 3 heteroatoms. The van der Waals surface area contributed by atoms with Crippen molar-refractivity contribution in [2.45, 2.75) is 6.42 Å². The molecule has 0 spiro atoms. The molecule has 0 saturated carbocycles. The maximum absolute atomic E-state index is 3.16. The van der Waals surface area contributed by atoms with Crippen LogP contribution in [0.1, 0.15) is 6.42 Å². The van der Waals surface area contributed by atoms with Gasteiger partial charge >= 0.3 is 0 Å². The van der Waals surface area contributed by atoms with Gasteiger partial charge in [0.05, 0.1) is 5.70 Å². The van der Waals surface area contributed by atoms with E-state index in [-0.39, 0.29) is 0 Å². The molecule has 0 atom stereocenters. The van der Waals surface area contributed by atoms with Gasteiger partial charge in [-0.25, -0.2) is 5.43 Å². The van der Waals surface area contributed by atoms with Crippen LogP contribution >= 0.6 is 0 Å². The highest BCUT2D eigenvalue weighted by molar-refractivity contribution is 5.53. The second-order valence-electron chi connectivity index (χ2n) is 3.44. The summed E-state index contributed by atoms with van der Waals surface area (Å²) in [5.74, 6) is 0. The van der Waals surface area contributed by atoms with Gasteiger partial charge in [0.15, 0.2) is 0 Å². The second kappa shape index (κ2) is 2.50. The largest absolute Gasteiger partial charge is 0.367 e. The van der Waals surface area contributed by atoms with E-state index in [4.69, 9.17) is 0 Å². The molecule has 13 heavy (non-hydrogen) atoms. The lowest BCUT2D eigenvalue weighted by molar-refractivity contribution is 0.706. The first-order valence-corrected chi connectivity index (χ1v) is 4.48. The first-order chi connectivity index (χ1) is 6.43. The van der Waals surface area contributed by atoms with E-state index in [1.807, 2.05) is 6.20 Å². The fourth-order valence-electron chi connectivity index (χ4n) is 1.88. The van der Waals surface area contributed by atoms with E-state index in [2.05, 4.69) is 34.5 Å². The summed E-state index contributed by atoms with van der Waals surface area (Å²) in [6.45, 7) is 0.958. The molecule has 0 aromatic rings. The third-order valence-electron chi connectivity index (χ3n) is 2.60. The molecule has 3 rings (SSSR count). The Kier molecular flexibility index (Phi) is 1.34. The summed E-state index contributed by atoms with van der Waals surface area (Å²) in [6, 6.07) is 0. The van der Waals surface area contributed by atoms with Crippen LogP contribution in [-0.2, 0) is 0 Å². The van der Waals surface area contributed by atoms with E-state index >= 15 is 0 Å². The maximum Gasteiger partial charge on any atom is 0.0502 e. The van der Waals surface area contributed by atoms with Crippen LogP contribution in [0.3, 0.4) is 0 Å². The average Bonchev–Trinajstić information content (AvgIpc) is 2.61. The minimum Gasteiger partial charge on any atom is -0.367 e. The van der Waals surface area contributed by atoms with E-state index in [1.54, 1.807) is 0 Å². The number of nitrogens with one attached hydrogen (secondary N) is 3. The van der Waals surface area contributed by atoms with Crippen LogP contribution in [0.15, 0.2) is 47.0 Å². The quantitative estimate of drug-likeness (QED) is 0.504. The molecule has 0 radical (unpaired) electrons. The number of fused-ring (bicyclic) bond motifs is 1. The Morgan fingerprint density at radius 1 is 1.31 bits per heavy atom. The molecule has 0 bridgehead atoms. The number of hydrogen-bond acceptors (Lipinski definition) is 3. The van der Waals surface area contributed by atoms with Crippen LogP contribution in [-0.4, -0.2) is 6.54 Å². The van der Waals surface area contributed by atoms with Crippen LogP contribution in [0.2, 0.25) is 0 Å². The predicted octanol–water partition coefficient (Wildman–Crippen LogP) is 0.679. The van der Waals surface area contributed by atoms with Crippen LogP contribution < -0.4 is 16.2 Å². The van der Waals surface area contributed by atoms with E-state index in [0.717, 1.165) is 13.0 Å². The van der Waals surface area contributed by atoms with Crippen molar-refractivity contribution >= 4 is 0 Å². The van der Waals surface area contributed by atoms with Crippen molar-refractivity contribution in [2.75, 3.05) is 6.54 Å². The molecule has 3 N–H and O–H groups in total.